The van der Waals surface area contributed by atoms with Crippen LogP contribution in [-0.2, 0) is 11.3 Å². The van der Waals surface area contributed by atoms with Crippen molar-refractivity contribution in [2.45, 2.75) is 70.5 Å². The molecule has 150 valence electrons. The number of hydrogen-bond donors (Lipinski definition) is 1. The molecule has 1 atom stereocenters. The molecule has 0 aromatic carbocycles. The maximum atomic E-state index is 13.3. The highest BCUT2D eigenvalue weighted by Gasteiger charge is 2.42. The molecule has 2 aromatic rings. The molecule has 0 unspecified atom stereocenters. The lowest BCUT2D eigenvalue weighted by molar-refractivity contribution is -0.133. The Morgan fingerprint density at radius 2 is 2.00 bits per heavy atom. The molecule has 0 radical (unpaired) electrons. The van der Waals surface area contributed by atoms with E-state index in [1.807, 2.05) is 19.9 Å². The summed E-state index contributed by atoms with van der Waals surface area (Å²) >= 11 is 0. The lowest BCUT2D eigenvalue weighted by Crippen LogP contribution is -2.60. The molecule has 2 amide bonds. The molecule has 1 saturated carbocycles. The van der Waals surface area contributed by atoms with E-state index in [2.05, 4.69) is 10.3 Å². The molecule has 2 heterocycles. The molecule has 6 heteroatoms. The lowest BCUT2D eigenvalue weighted by atomic mass is 9.91. The fourth-order valence-electron chi connectivity index (χ4n) is 3.72. The van der Waals surface area contributed by atoms with Gasteiger partial charge in [-0.25, -0.2) is 0 Å². The largest absolute Gasteiger partial charge is 0.467 e. The van der Waals surface area contributed by atoms with Crippen molar-refractivity contribution in [3.05, 3.63) is 54.2 Å². The summed E-state index contributed by atoms with van der Waals surface area (Å²) in [5.74, 6) is 0.243. The van der Waals surface area contributed by atoms with E-state index in [0.29, 0.717) is 17.9 Å². The van der Waals surface area contributed by atoms with Crippen molar-refractivity contribution < 1.29 is 14.0 Å². The highest BCUT2D eigenvalue weighted by atomic mass is 16.3. The molecule has 1 aliphatic rings. The lowest BCUT2D eigenvalue weighted by Gasteiger charge is -2.40. The second-order valence-corrected chi connectivity index (χ2v) is 7.62. The van der Waals surface area contributed by atoms with Crippen LogP contribution in [0.1, 0.15) is 68.6 Å². The minimum atomic E-state index is -1.00. The van der Waals surface area contributed by atoms with Crippen LogP contribution < -0.4 is 5.32 Å². The summed E-state index contributed by atoms with van der Waals surface area (Å²) < 4.78 is 5.47. The van der Waals surface area contributed by atoms with Crippen molar-refractivity contribution in [3.8, 4) is 0 Å². The van der Waals surface area contributed by atoms with Gasteiger partial charge in [0.05, 0.1) is 12.8 Å². The summed E-state index contributed by atoms with van der Waals surface area (Å²) in [6.45, 7) is 3.97. The molecule has 3 rings (SSSR count). The fraction of sp³-hybridized carbons (Fsp3) is 0.500. The van der Waals surface area contributed by atoms with Gasteiger partial charge >= 0.3 is 0 Å². The first-order valence-corrected chi connectivity index (χ1v) is 10.1. The summed E-state index contributed by atoms with van der Waals surface area (Å²) in [4.78, 5) is 32.4. The first-order chi connectivity index (χ1) is 13.5. The van der Waals surface area contributed by atoms with Gasteiger partial charge in [-0.1, -0.05) is 32.3 Å². The van der Waals surface area contributed by atoms with Crippen LogP contribution in [0.15, 0.2) is 47.2 Å². The van der Waals surface area contributed by atoms with Crippen molar-refractivity contribution in [1.82, 2.24) is 15.2 Å². The van der Waals surface area contributed by atoms with E-state index in [-0.39, 0.29) is 24.4 Å². The molecule has 0 bridgehead atoms. The molecule has 28 heavy (non-hydrogen) atoms. The first-order valence-electron chi connectivity index (χ1n) is 10.1. The van der Waals surface area contributed by atoms with Crippen molar-refractivity contribution >= 4 is 11.8 Å². The average molecular weight is 383 g/mol. The molecule has 0 aliphatic heterocycles. The van der Waals surface area contributed by atoms with Crippen LogP contribution in [0.2, 0.25) is 0 Å². The molecular formula is C22H29N3O3. The number of nitrogens with zero attached hydrogens (tertiary/aromatic N) is 2. The zero-order valence-electron chi connectivity index (χ0n) is 16.7. The topological polar surface area (TPSA) is 75.4 Å². The van der Waals surface area contributed by atoms with Crippen molar-refractivity contribution in [1.29, 1.82) is 0 Å². The molecule has 0 spiro atoms. The number of amides is 2. The Hall–Kier alpha value is -2.63. The summed E-state index contributed by atoms with van der Waals surface area (Å²) in [5, 5.41) is 3.19. The highest BCUT2D eigenvalue weighted by Crippen LogP contribution is 2.26. The predicted molar refractivity (Wildman–Crippen MR) is 107 cm³/mol. The number of carbonyl (C=O) groups excluding carboxylic acids is 2. The molecule has 6 nitrogen and oxygen atoms in total. The van der Waals surface area contributed by atoms with Crippen LogP contribution in [-0.4, -0.2) is 33.3 Å². The number of pyridine rings is 1. The second kappa shape index (κ2) is 9.04. The van der Waals surface area contributed by atoms with E-state index in [4.69, 9.17) is 4.42 Å². The average Bonchev–Trinajstić information content (AvgIpc) is 3.25. The third-order valence-electron chi connectivity index (χ3n) is 5.74. The maximum Gasteiger partial charge on any atom is 0.273 e. The van der Waals surface area contributed by atoms with Gasteiger partial charge in [-0.15, -0.1) is 0 Å². The summed E-state index contributed by atoms with van der Waals surface area (Å²) in [6.07, 6.45) is 9.14. The maximum absolute atomic E-state index is 13.3. The SMILES string of the molecule is CC[C@@](C)(C(=O)NC1CCCCC1)N(Cc1ccco1)C(=O)c1ccccn1. The first kappa shape index (κ1) is 20.1. The number of carbonyl (C=O) groups is 2. The van der Waals surface area contributed by atoms with Crippen LogP contribution >= 0.6 is 0 Å². The van der Waals surface area contributed by atoms with Crippen LogP contribution in [0.25, 0.3) is 0 Å². The van der Waals surface area contributed by atoms with Gasteiger partial charge < -0.3 is 14.6 Å². The van der Waals surface area contributed by atoms with E-state index in [0.717, 1.165) is 25.7 Å². The number of aromatic nitrogens is 1. The quantitative estimate of drug-likeness (QED) is 0.786. The third kappa shape index (κ3) is 4.43. The Kier molecular flexibility index (Phi) is 6.49. The molecule has 1 N–H and O–H groups in total. The van der Waals surface area contributed by atoms with Crippen LogP contribution in [0.4, 0.5) is 0 Å². The Balaban J connectivity index is 1.88. The number of hydrogen-bond acceptors (Lipinski definition) is 4. The monoisotopic (exact) mass is 383 g/mol. The van der Waals surface area contributed by atoms with E-state index >= 15 is 0 Å². The highest BCUT2D eigenvalue weighted by molar-refractivity contribution is 5.97. The number of nitrogens with one attached hydrogen (secondary N) is 1. The van der Waals surface area contributed by atoms with Crippen molar-refractivity contribution in [2.24, 2.45) is 0 Å². The minimum absolute atomic E-state index is 0.113. The van der Waals surface area contributed by atoms with Gasteiger partial charge in [0.25, 0.3) is 5.91 Å². The van der Waals surface area contributed by atoms with Gasteiger partial charge in [-0.05, 0) is 50.5 Å². The Labute approximate surface area is 166 Å². The van der Waals surface area contributed by atoms with Gasteiger partial charge in [0.1, 0.15) is 17.0 Å². The normalized spacial score (nSPS) is 16.9. The van der Waals surface area contributed by atoms with E-state index < -0.39 is 5.54 Å². The van der Waals surface area contributed by atoms with Gasteiger partial charge in [-0.3, -0.25) is 14.6 Å². The van der Waals surface area contributed by atoms with Gasteiger partial charge in [0.15, 0.2) is 0 Å². The number of furan rings is 1. The standard InChI is InChI=1S/C22H29N3O3/c1-3-22(2,21(27)24-17-10-5-4-6-11-17)25(16-18-12-9-15-28-18)20(26)19-13-7-8-14-23-19/h7-9,12-15,17H,3-6,10-11,16H2,1-2H3,(H,24,27)/t22-/m0/s1. The van der Waals surface area contributed by atoms with E-state index in [1.165, 1.54) is 6.42 Å². The minimum Gasteiger partial charge on any atom is -0.467 e. The van der Waals surface area contributed by atoms with Crippen LogP contribution in [0.5, 0.6) is 0 Å². The van der Waals surface area contributed by atoms with Gasteiger partial charge in [-0.2, -0.15) is 0 Å². The second-order valence-electron chi connectivity index (χ2n) is 7.62. The van der Waals surface area contributed by atoms with E-state index in [1.54, 1.807) is 41.6 Å². The number of rotatable bonds is 7. The molecule has 1 aliphatic carbocycles. The smallest absolute Gasteiger partial charge is 0.273 e. The predicted octanol–water partition coefficient (Wildman–Crippen LogP) is 3.93. The Morgan fingerprint density at radius 3 is 2.61 bits per heavy atom. The van der Waals surface area contributed by atoms with Gasteiger partial charge in [0, 0.05) is 12.2 Å². The molecule has 1 fully saturated rings. The Morgan fingerprint density at radius 1 is 1.21 bits per heavy atom. The Bertz CT molecular complexity index is 770. The van der Waals surface area contributed by atoms with Crippen LogP contribution in [0.3, 0.4) is 0 Å². The van der Waals surface area contributed by atoms with Crippen molar-refractivity contribution in [2.75, 3.05) is 0 Å². The zero-order chi connectivity index (χ0) is 20.0. The summed E-state index contributed by atoms with van der Waals surface area (Å²) in [7, 11) is 0. The molecule has 2 aromatic heterocycles. The fourth-order valence-corrected chi connectivity index (χ4v) is 3.72. The van der Waals surface area contributed by atoms with Gasteiger partial charge in [0.2, 0.25) is 5.91 Å². The summed E-state index contributed by atoms with van der Waals surface area (Å²) in [6, 6.07) is 8.99. The molecule has 0 saturated heterocycles. The molecular weight excluding hydrogens is 354 g/mol. The zero-order valence-corrected chi connectivity index (χ0v) is 16.7. The van der Waals surface area contributed by atoms with E-state index in [9.17, 15) is 9.59 Å². The third-order valence-corrected chi connectivity index (χ3v) is 5.74. The van der Waals surface area contributed by atoms with Crippen LogP contribution in [0, 0.1) is 0 Å². The summed E-state index contributed by atoms with van der Waals surface area (Å²) in [5.41, 5.74) is -0.682. The van der Waals surface area contributed by atoms with Crippen molar-refractivity contribution in [3.63, 3.8) is 0 Å².